The van der Waals surface area contributed by atoms with E-state index < -0.39 is 0 Å². The maximum Gasteiger partial charge on any atom is 0.102 e. The SMILES string of the molecule is CCCCCCn1nnc(CNC)c1C(C)OC. The summed E-state index contributed by atoms with van der Waals surface area (Å²) in [4.78, 5) is 0. The van der Waals surface area contributed by atoms with Crippen LogP contribution in [0.25, 0.3) is 0 Å². The van der Waals surface area contributed by atoms with Crippen LogP contribution in [-0.2, 0) is 17.8 Å². The highest BCUT2D eigenvalue weighted by Gasteiger charge is 2.17. The Bertz CT molecular complexity index is 338. The van der Waals surface area contributed by atoms with Gasteiger partial charge in [0.15, 0.2) is 0 Å². The summed E-state index contributed by atoms with van der Waals surface area (Å²) < 4.78 is 7.42. The second-order valence-corrected chi connectivity index (χ2v) is 4.61. The lowest BCUT2D eigenvalue weighted by molar-refractivity contribution is 0.110. The van der Waals surface area contributed by atoms with E-state index in [9.17, 15) is 0 Å². The summed E-state index contributed by atoms with van der Waals surface area (Å²) in [6, 6.07) is 0. The standard InChI is InChI=1S/C13H26N4O/c1-5-6-7-8-9-17-13(11(2)18-4)12(10-14-3)15-16-17/h11,14H,5-10H2,1-4H3. The molecule has 5 heteroatoms. The van der Waals surface area contributed by atoms with Crippen molar-refractivity contribution in [3.8, 4) is 0 Å². The Kier molecular flexibility index (Phi) is 6.90. The quantitative estimate of drug-likeness (QED) is 0.687. The predicted octanol–water partition coefficient (Wildman–Crippen LogP) is 2.29. The van der Waals surface area contributed by atoms with Gasteiger partial charge in [0.2, 0.25) is 0 Å². The van der Waals surface area contributed by atoms with Gasteiger partial charge < -0.3 is 10.1 Å². The van der Waals surface area contributed by atoms with E-state index in [0.717, 1.165) is 30.9 Å². The molecule has 1 N–H and O–H groups in total. The summed E-state index contributed by atoms with van der Waals surface area (Å²) in [7, 11) is 3.64. The van der Waals surface area contributed by atoms with Crippen LogP contribution in [0, 0.1) is 0 Å². The van der Waals surface area contributed by atoms with Crippen LogP contribution >= 0.6 is 0 Å². The number of nitrogens with one attached hydrogen (secondary N) is 1. The number of hydrogen-bond acceptors (Lipinski definition) is 4. The summed E-state index contributed by atoms with van der Waals surface area (Å²) in [5, 5.41) is 11.6. The zero-order valence-corrected chi connectivity index (χ0v) is 12.1. The van der Waals surface area contributed by atoms with Crippen molar-refractivity contribution in [1.29, 1.82) is 0 Å². The highest BCUT2D eigenvalue weighted by atomic mass is 16.5. The molecule has 1 heterocycles. The Morgan fingerprint density at radius 2 is 2.11 bits per heavy atom. The van der Waals surface area contributed by atoms with E-state index in [2.05, 4.69) is 22.6 Å². The van der Waals surface area contributed by atoms with Crippen molar-refractivity contribution in [3.05, 3.63) is 11.4 Å². The van der Waals surface area contributed by atoms with E-state index in [4.69, 9.17) is 4.74 Å². The van der Waals surface area contributed by atoms with Gasteiger partial charge in [-0.1, -0.05) is 31.4 Å². The zero-order chi connectivity index (χ0) is 13.4. The van der Waals surface area contributed by atoms with Gasteiger partial charge in [0, 0.05) is 20.2 Å². The van der Waals surface area contributed by atoms with E-state index in [1.54, 1.807) is 7.11 Å². The fourth-order valence-corrected chi connectivity index (χ4v) is 2.06. The molecule has 0 fully saturated rings. The molecule has 0 bridgehead atoms. The normalized spacial score (nSPS) is 12.9. The van der Waals surface area contributed by atoms with Crippen molar-refractivity contribution < 1.29 is 4.74 Å². The van der Waals surface area contributed by atoms with E-state index in [1.165, 1.54) is 19.3 Å². The molecule has 0 saturated carbocycles. The molecule has 0 aromatic carbocycles. The number of aromatic nitrogens is 3. The number of aryl methyl sites for hydroxylation is 1. The van der Waals surface area contributed by atoms with Gasteiger partial charge in [-0.05, 0) is 20.4 Å². The van der Waals surface area contributed by atoms with Gasteiger partial charge in [-0.25, -0.2) is 4.68 Å². The van der Waals surface area contributed by atoms with E-state index in [1.807, 2.05) is 18.7 Å². The van der Waals surface area contributed by atoms with Crippen LogP contribution in [0.5, 0.6) is 0 Å². The Morgan fingerprint density at radius 1 is 1.33 bits per heavy atom. The van der Waals surface area contributed by atoms with Gasteiger partial charge in [0.05, 0.1) is 11.8 Å². The van der Waals surface area contributed by atoms with Crippen LogP contribution in [0.15, 0.2) is 0 Å². The van der Waals surface area contributed by atoms with Crippen molar-refractivity contribution >= 4 is 0 Å². The number of unbranched alkanes of at least 4 members (excludes halogenated alkanes) is 3. The second kappa shape index (κ2) is 8.21. The first kappa shape index (κ1) is 15.1. The third-order valence-electron chi connectivity index (χ3n) is 3.15. The Morgan fingerprint density at radius 3 is 2.72 bits per heavy atom. The van der Waals surface area contributed by atoms with E-state index in [0.29, 0.717) is 0 Å². The molecule has 0 aliphatic carbocycles. The maximum absolute atomic E-state index is 5.42. The van der Waals surface area contributed by atoms with Crippen molar-refractivity contribution in [3.63, 3.8) is 0 Å². The first-order valence-corrected chi connectivity index (χ1v) is 6.84. The molecule has 18 heavy (non-hydrogen) atoms. The van der Waals surface area contributed by atoms with Crippen LogP contribution in [0.2, 0.25) is 0 Å². The number of ether oxygens (including phenoxy) is 1. The topological polar surface area (TPSA) is 52.0 Å². The van der Waals surface area contributed by atoms with Crippen LogP contribution in [0.4, 0.5) is 0 Å². The minimum atomic E-state index is 0.0366. The van der Waals surface area contributed by atoms with Crippen LogP contribution < -0.4 is 5.32 Å². The summed E-state index contributed by atoms with van der Waals surface area (Å²) in [5.74, 6) is 0. The first-order valence-electron chi connectivity index (χ1n) is 6.84. The number of methoxy groups -OCH3 is 1. The van der Waals surface area contributed by atoms with Crippen LogP contribution in [0.3, 0.4) is 0 Å². The van der Waals surface area contributed by atoms with Crippen molar-refractivity contribution in [2.24, 2.45) is 0 Å². The van der Waals surface area contributed by atoms with E-state index >= 15 is 0 Å². The lowest BCUT2D eigenvalue weighted by atomic mass is 10.2. The lowest BCUT2D eigenvalue weighted by Gasteiger charge is -2.13. The molecule has 1 rings (SSSR count). The highest BCUT2D eigenvalue weighted by molar-refractivity contribution is 5.12. The molecule has 1 aromatic rings. The van der Waals surface area contributed by atoms with Crippen LogP contribution in [0.1, 0.15) is 57.0 Å². The Labute approximate surface area is 110 Å². The molecule has 0 aliphatic heterocycles. The van der Waals surface area contributed by atoms with Gasteiger partial charge in [-0.15, -0.1) is 5.10 Å². The molecule has 0 saturated heterocycles. The Balaban J connectivity index is 2.70. The minimum absolute atomic E-state index is 0.0366. The Hall–Kier alpha value is -0.940. The third kappa shape index (κ3) is 4.07. The fourth-order valence-electron chi connectivity index (χ4n) is 2.06. The average molecular weight is 254 g/mol. The first-order chi connectivity index (χ1) is 8.74. The molecule has 1 atom stereocenters. The fraction of sp³-hybridized carbons (Fsp3) is 0.846. The number of rotatable bonds is 9. The van der Waals surface area contributed by atoms with Gasteiger partial charge in [-0.3, -0.25) is 0 Å². The predicted molar refractivity (Wildman–Crippen MR) is 72.4 cm³/mol. The number of hydrogen-bond donors (Lipinski definition) is 1. The molecule has 0 spiro atoms. The summed E-state index contributed by atoms with van der Waals surface area (Å²) in [6.07, 6.45) is 4.98. The molecule has 0 radical (unpaired) electrons. The summed E-state index contributed by atoms with van der Waals surface area (Å²) in [6.45, 7) is 5.93. The molecule has 5 nitrogen and oxygen atoms in total. The monoisotopic (exact) mass is 254 g/mol. The van der Waals surface area contributed by atoms with Crippen molar-refractivity contribution in [2.75, 3.05) is 14.2 Å². The van der Waals surface area contributed by atoms with Crippen molar-refractivity contribution in [1.82, 2.24) is 20.3 Å². The highest BCUT2D eigenvalue weighted by Crippen LogP contribution is 2.19. The average Bonchev–Trinajstić information content (AvgIpc) is 2.77. The lowest BCUT2D eigenvalue weighted by Crippen LogP contribution is -2.13. The van der Waals surface area contributed by atoms with Crippen LogP contribution in [-0.4, -0.2) is 29.2 Å². The number of nitrogens with zero attached hydrogens (tertiary/aromatic N) is 3. The zero-order valence-electron chi connectivity index (χ0n) is 12.1. The second-order valence-electron chi connectivity index (χ2n) is 4.61. The summed E-state index contributed by atoms with van der Waals surface area (Å²) in [5.41, 5.74) is 2.09. The largest absolute Gasteiger partial charge is 0.375 e. The molecule has 0 aliphatic rings. The smallest absolute Gasteiger partial charge is 0.102 e. The third-order valence-corrected chi connectivity index (χ3v) is 3.15. The van der Waals surface area contributed by atoms with E-state index in [-0.39, 0.29) is 6.10 Å². The molecule has 104 valence electrons. The molecular weight excluding hydrogens is 228 g/mol. The molecule has 1 aromatic heterocycles. The molecular formula is C13H26N4O. The minimum Gasteiger partial charge on any atom is -0.375 e. The molecule has 0 amide bonds. The van der Waals surface area contributed by atoms with Gasteiger partial charge in [-0.2, -0.15) is 0 Å². The van der Waals surface area contributed by atoms with Crippen molar-refractivity contribution in [2.45, 2.75) is 58.7 Å². The van der Waals surface area contributed by atoms with Gasteiger partial charge in [0.1, 0.15) is 5.69 Å². The molecule has 1 unspecified atom stereocenters. The maximum atomic E-state index is 5.42. The van der Waals surface area contributed by atoms with Gasteiger partial charge >= 0.3 is 0 Å². The van der Waals surface area contributed by atoms with Gasteiger partial charge in [0.25, 0.3) is 0 Å². The summed E-state index contributed by atoms with van der Waals surface area (Å²) >= 11 is 0.